The second-order valence-corrected chi connectivity index (χ2v) is 6.74. The van der Waals surface area contributed by atoms with Gasteiger partial charge in [0.05, 0.1) is 11.4 Å². The van der Waals surface area contributed by atoms with Gasteiger partial charge in [-0.05, 0) is 25.2 Å². The van der Waals surface area contributed by atoms with E-state index >= 15 is 0 Å². The van der Waals surface area contributed by atoms with Gasteiger partial charge in [-0.15, -0.1) is 0 Å². The van der Waals surface area contributed by atoms with Crippen molar-refractivity contribution >= 4 is 9.84 Å². The lowest BCUT2D eigenvalue weighted by molar-refractivity contribution is -0.00167. The van der Waals surface area contributed by atoms with Gasteiger partial charge in [0, 0.05) is 6.26 Å². The van der Waals surface area contributed by atoms with E-state index in [1.807, 2.05) is 0 Å². The van der Waals surface area contributed by atoms with E-state index in [1.165, 1.54) is 6.26 Å². The molecule has 0 aromatic carbocycles. The standard InChI is InChI=1S/C10H20O3S/c1-3-9-5-4-6-10(9,11)7-8-14(2,12)13/h9,11H,3-8H2,1-2H3. The summed E-state index contributed by atoms with van der Waals surface area (Å²) in [5, 5.41) is 10.2. The van der Waals surface area contributed by atoms with E-state index in [4.69, 9.17) is 0 Å². The van der Waals surface area contributed by atoms with E-state index in [-0.39, 0.29) is 5.75 Å². The SMILES string of the molecule is CCC1CCCC1(O)CCS(C)(=O)=O. The molecular weight excluding hydrogens is 200 g/mol. The summed E-state index contributed by atoms with van der Waals surface area (Å²) < 4.78 is 22.0. The molecule has 0 saturated heterocycles. The van der Waals surface area contributed by atoms with Crippen molar-refractivity contribution in [2.75, 3.05) is 12.0 Å². The first-order chi connectivity index (χ1) is 6.37. The Morgan fingerprint density at radius 3 is 2.64 bits per heavy atom. The Morgan fingerprint density at radius 1 is 1.50 bits per heavy atom. The van der Waals surface area contributed by atoms with Crippen molar-refractivity contribution < 1.29 is 13.5 Å². The zero-order valence-corrected chi connectivity index (χ0v) is 9.81. The summed E-state index contributed by atoms with van der Waals surface area (Å²) in [7, 11) is -2.94. The molecule has 0 bridgehead atoms. The molecule has 1 saturated carbocycles. The predicted molar refractivity (Wildman–Crippen MR) is 56.9 cm³/mol. The van der Waals surface area contributed by atoms with Gasteiger partial charge in [0.2, 0.25) is 0 Å². The van der Waals surface area contributed by atoms with Crippen LogP contribution in [0, 0.1) is 5.92 Å². The summed E-state index contributed by atoms with van der Waals surface area (Å²) in [5.41, 5.74) is -0.710. The number of aliphatic hydroxyl groups is 1. The second kappa shape index (κ2) is 4.19. The first-order valence-corrected chi connectivity index (χ1v) is 7.33. The Hall–Kier alpha value is -0.0900. The fraction of sp³-hybridized carbons (Fsp3) is 1.00. The molecule has 0 heterocycles. The van der Waals surface area contributed by atoms with Crippen LogP contribution in [0.1, 0.15) is 39.0 Å². The molecule has 84 valence electrons. The van der Waals surface area contributed by atoms with Gasteiger partial charge in [0.25, 0.3) is 0 Å². The van der Waals surface area contributed by atoms with Crippen molar-refractivity contribution in [3.8, 4) is 0 Å². The summed E-state index contributed by atoms with van der Waals surface area (Å²) in [6.45, 7) is 2.06. The Kier molecular flexibility index (Phi) is 3.58. The summed E-state index contributed by atoms with van der Waals surface area (Å²) in [6.07, 6.45) is 5.41. The van der Waals surface area contributed by atoms with Gasteiger partial charge < -0.3 is 5.11 Å². The van der Waals surface area contributed by atoms with E-state index in [1.54, 1.807) is 0 Å². The molecule has 0 spiro atoms. The van der Waals surface area contributed by atoms with Crippen LogP contribution in [-0.2, 0) is 9.84 Å². The molecule has 4 heteroatoms. The third-order valence-corrected chi connectivity index (χ3v) is 4.27. The van der Waals surface area contributed by atoms with E-state index in [0.717, 1.165) is 25.7 Å². The van der Waals surface area contributed by atoms with Crippen molar-refractivity contribution in [3.05, 3.63) is 0 Å². The molecule has 14 heavy (non-hydrogen) atoms. The molecule has 1 fully saturated rings. The third-order valence-electron chi connectivity index (χ3n) is 3.32. The maximum atomic E-state index is 11.0. The normalized spacial score (nSPS) is 33.5. The predicted octanol–water partition coefficient (Wildman–Crippen LogP) is 1.36. The highest BCUT2D eigenvalue weighted by atomic mass is 32.2. The van der Waals surface area contributed by atoms with E-state index < -0.39 is 15.4 Å². The highest BCUT2D eigenvalue weighted by Gasteiger charge is 2.39. The maximum Gasteiger partial charge on any atom is 0.147 e. The van der Waals surface area contributed by atoms with Gasteiger partial charge in [-0.25, -0.2) is 8.42 Å². The number of sulfone groups is 1. The maximum absolute atomic E-state index is 11.0. The van der Waals surface area contributed by atoms with Crippen LogP contribution in [0.2, 0.25) is 0 Å². The summed E-state index contributed by atoms with van der Waals surface area (Å²) in [4.78, 5) is 0. The van der Waals surface area contributed by atoms with Crippen LogP contribution in [0.15, 0.2) is 0 Å². The monoisotopic (exact) mass is 220 g/mol. The zero-order chi connectivity index (χ0) is 10.8. The fourth-order valence-electron chi connectivity index (χ4n) is 2.40. The lowest BCUT2D eigenvalue weighted by atomic mass is 9.86. The van der Waals surface area contributed by atoms with Crippen LogP contribution >= 0.6 is 0 Å². The van der Waals surface area contributed by atoms with Gasteiger partial charge in [-0.1, -0.05) is 19.8 Å². The van der Waals surface area contributed by atoms with Crippen LogP contribution < -0.4 is 0 Å². The minimum atomic E-state index is -2.94. The van der Waals surface area contributed by atoms with Crippen LogP contribution in [0.25, 0.3) is 0 Å². The Bertz CT molecular complexity index is 284. The molecule has 1 rings (SSSR count). The molecular formula is C10H20O3S. The largest absolute Gasteiger partial charge is 0.390 e. The zero-order valence-electron chi connectivity index (χ0n) is 8.99. The highest BCUT2D eigenvalue weighted by Crippen LogP contribution is 2.40. The third kappa shape index (κ3) is 2.95. The lowest BCUT2D eigenvalue weighted by Crippen LogP contribution is -2.34. The molecule has 2 unspecified atom stereocenters. The highest BCUT2D eigenvalue weighted by molar-refractivity contribution is 7.90. The summed E-state index contributed by atoms with van der Waals surface area (Å²) >= 11 is 0. The van der Waals surface area contributed by atoms with Crippen molar-refractivity contribution in [2.45, 2.75) is 44.6 Å². The summed E-state index contributed by atoms with van der Waals surface area (Å²) in [6, 6.07) is 0. The van der Waals surface area contributed by atoms with Crippen molar-refractivity contribution in [2.24, 2.45) is 5.92 Å². The fourth-order valence-corrected chi connectivity index (χ4v) is 3.13. The molecule has 0 aromatic heterocycles. The van der Waals surface area contributed by atoms with Crippen molar-refractivity contribution in [1.82, 2.24) is 0 Å². The number of hydrogen-bond donors (Lipinski definition) is 1. The van der Waals surface area contributed by atoms with Crippen molar-refractivity contribution in [1.29, 1.82) is 0 Å². The number of rotatable bonds is 4. The topological polar surface area (TPSA) is 54.4 Å². The van der Waals surface area contributed by atoms with E-state index in [0.29, 0.717) is 12.3 Å². The van der Waals surface area contributed by atoms with Crippen LogP contribution in [0.5, 0.6) is 0 Å². The molecule has 0 aromatic rings. The van der Waals surface area contributed by atoms with Gasteiger partial charge in [0.1, 0.15) is 9.84 Å². The molecule has 0 radical (unpaired) electrons. The average Bonchev–Trinajstić information content (AvgIpc) is 2.43. The van der Waals surface area contributed by atoms with E-state index in [9.17, 15) is 13.5 Å². The van der Waals surface area contributed by atoms with Gasteiger partial charge in [-0.2, -0.15) is 0 Å². The van der Waals surface area contributed by atoms with Gasteiger partial charge in [-0.3, -0.25) is 0 Å². The van der Waals surface area contributed by atoms with E-state index in [2.05, 4.69) is 6.92 Å². The second-order valence-electron chi connectivity index (χ2n) is 4.48. The average molecular weight is 220 g/mol. The molecule has 1 N–H and O–H groups in total. The first kappa shape index (κ1) is 12.0. The molecule has 2 atom stereocenters. The van der Waals surface area contributed by atoms with Gasteiger partial charge >= 0.3 is 0 Å². The lowest BCUT2D eigenvalue weighted by Gasteiger charge is -2.29. The molecule has 1 aliphatic carbocycles. The smallest absolute Gasteiger partial charge is 0.147 e. The molecule has 3 nitrogen and oxygen atoms in total. The van der Waals surface area contributed by atoms with Crippen LogP contribution in [-0.4, -0.2) is 31.1 Å². The molecule has 0 aliphatic heterocycles. The quantitative estimate of drug-likeness (QED) is 0.778. The van der Waals surface area contributed by atoms with Crippen molar-refractivity contribution in [3.63, 3.8) is 0 Å². The van der Waals surface area contributed by atoms with Gasteiger partial charge in [0.15, 0.2) is 0 Å². The number of hydrogen-bond acceptors (Lipinski definition) is 3. The minimum absolute atomic E-state index is 0.111. The Labute approximate surface area is 86.4 Å². The van der Waals surface area contributed by atoms with Crippen LogP contribution in [0.4, 0.5) is 0 Å². The molecule has 1 aliphatic rings. The Morgan fingerprint density at radius 2 is 2.14 bits per heavy atom. The van der Waals surface area contributed by atoms with Crippen LogP contribution in [0.3, 0.4) is 0 Å². The minimum Gasteiger partial charge on any atom is -0.390 e. The summed E-state index contributed by atoms with van der Waals surface area (Å²) in [5.74, 6) is 0.407. The first-order valence-electron chi connectivity index (χ1n) is 5.27. The Balaban J connectivity index is 2.57. The molecule has 0 amide bonds.